The van der Waals surface area contributed by atoms with E-state index >= 15 is 0 Å². The first-order valence-corrected chi connectivity index (χ1v) is 8.74. The van der Waals surface area contributed by atoms with Gasteiger partial charge in [0, 0.05) is 46.4 Å². The molecule has 0 saturated carbocycles. The highest BCUT2D eigenvalue weighted by molar-refractivity contribution is 9.10. The fourth-order valence-electron chi connectivity index (χ4n) is 3.42. The number of anilines is 3. The van der Waals surface area contributed by atoms with E-state index in [-0.39, 0.29) is 6.04 Å². The fourth-order valence-corrected chi connectivity index (χ4v) is 3.82. The Kier molecular flexibility index (Phi) is 4.71. The number of hydrogen-bond donors (Lipinski definition) is 3. The van der Waals surface area contributed by atoms with Gasteiger partial charge in [0.1, 0.15) is 0 Å². The molecule has 2 aromatic rings. The largest absolute Gasteiger partial charge is 0.399 e. The highest BCUT2D eigenvalue weighted by atomic mass is 79.9. The molecule has 0 saturated heterocycles. The summed E-state index contributed by atoms with van der Waals surface area (Å²) < 4.78 is 0.968. The van der Waals surface area contributed by atoms with Gasteiger partial charge in [0.05, 0.1) is 17.7 Å². The van der Waals surface area contributed by atoms with Gasteiger partial charge in [-0.25, -0.2) is 0 Å². The lowest BCUT2D eigenvalue weighted by Gasteiger charge is -2.37. The molecule has 0 aromatic heterocycles. The number of nitrogens with zero attached hydrogens (tertiary/aromatic N) is 2. The van der Waals surface area contributed by atoms with Gasteiger partial charge in [-0.05, 0) is 42.8 Å². The Hall–Kier alpha value is -2.49. The smallest absolute Gasteiger partial charge is 0.0991 e. The Morgan fingerprint density at radius 3 is 2.72 bits per heavy atom. The van der Waals surface area contributed by atoms with Crippen LogP contribution in [0, 0.1) is 18.3 Å². The number of aryl methyl sites for hydroxylation is 1. The molecule has 128 valence electrons. The van der Waals surface area contributed by atoms with Gasteiger partial charge in [-0.15, -0.1) is 0 Å². The van der Waals surface area contributed by atoms with Crippen molar-refractivity contribution in [3.05, 3.63) is 63.3 Å². The summed E-state index contributed by atoms with van der Waals surface area (Å²) in [6.45, 7) is 2.31. The van der Waals surface area contributed by atoms with Gasteiger partial charge in [-0.1, -0.05) is 22.0 Å². The third-order valence-corrected chi connectivity index (χ3v) is 4.95. The van der Waals surface area contributed by atoms with Crippen molar-refractivity contribution in [1.29, 1.82) is 5.26 Å². The van der Waals surface area contributed by atoms with Crippen LogP contribution in [0.4, 0.5) is 17.1 Å². The van der Waals surface area contributed by atoms with Crippen molar-refractivity contribution in [2.75, 3.05) is 29.5 Å². The fraction of sp³-hybridized carbons (Fsp3) is 0.211. The summed E-state index contributed by atoms with van der Waals surface area (Å²) in [5.41, 5.74) is 18.2. The van der Waals surface area contributed by atoms with Crippen LogP contribution in [0.25, 0.3) is 0 Å². The second-order valence-electron chi connectivity index (χ2n) is 6.10. The highest BCUT2D eigenvalue weighted by Gasteiger charge is 2.32. The Morgan fingerprint density at radius 2 is 2.08 bits per heavy atom. The van der Waals surface area contributed by atoms with Crippen LogP contribution < -0.4 is 21.7 Å². The molecule has 1 heterocycles. The monoisotopic (exact) mass is 397 g/mol. The molecular formula is C19H20BrN5. The first-order valence-electron chi connectivity index (χ1n) is 7.95. The number of rotatable bonds is 3. The molecule has 0 unspecified atom stereocenters. The van der Waals surface area contributed by atoms with E-state index in [0.29, 0.717) is 17.8 Å². The van der Waals surface area contributed by atoms with Gasteiger partial charge < -0.3 is 21.7 Å². The number of nitrogens with two attached hydrogens (primary N) is 2. The van der Waals surface area contributed by atoms with Crippen molar-refractivity contribution in [3.63, 3.8) is 0 Å². The number of halogens is 1. The van der Waals surface area contributed by atoms with Crippen LogP contribution in [0.1, 0.15) is 17.2 Å². The van der Waals surface area contributed by atoms with Crippen molar-refractivity contribution in [2.45, 2.75) is 13.0 Å². The number of likely N-dealkylation sites (N-methyl/N-ethyl adjacent to an activating group) is 1. The molecule has 1 aliphatic heterocycles. The molecule has 0 aliphatic carbocycles. The van der Waals surface area contributed by atoms with E-state index in [2.05, 4.69) is 27.3 Å². The average molecular weight is 398 g/mol. The lowest BCUT2D eigenvalue weighted by molar-refractivity contribution is 0.836. The Morgan fingerprint density at radius 1 is 1.32 bits per heavy atom. The van der Waals surface area contributed by atoms with Crippen LogP contribution in [-0.4, -0.2) is 13.6 Å². The lowest BCUT2D eigenvalue weighted by Crippen LogP contribution is -2.33. The minimum absolute atomic E-state index is 0.291. The molecule has 25 heavy (non-hydrogen) atoms. The topological polar surface area (TPSA) is 91.1 Å². The summed E-state index contributed by atoms with van der Waals surface area (Å²) in [4.78, 5) is 2.00. The van der Waals surface area contributed by atoms with Gasteiger partial charge in [0.15, 0.2) is 0 Å². The number of hydrogen-bond acceptors (Lipinski definition) is 5. The highest BCUT2D eigenvalue weighted by Crippen LogP contribution is 2.43. The van der Waals surface area contributed by atoms with Crippen LogP contribution in [0.3, 0.4) is 0 Å². The van der Waals surface area contributed by atoms with E-state index in [4.69, 9.17) is 11.5 Å². The van der Waals surface area contributed by atoms with Crippen molar-refractivity contribution in [2.24, 2.45) is 5.73 Å². The molecule has 0 amide bonds. The summed E-state index contributed by atoms with van der Waals surface area (Å²) in [6, 6.07) is 13.8. The normalized spacial score (nSPS) is 16.4. The zero-order chi connectivity index (χ0) is 18.1. The first kappa shape index (κ1) is 17.3. The molecule has 5 N–H and O–H groups in total. The van der Waals surface area contributed by atoms with Gasteiger partial charge in [-0.3, -0.25) is 0 Å². The Labute approximate surface area is 156 Å². The Bertz CT molecular complexity index is 897. The van der Waals surface area contributed by atoms with Gasteiger partial charge in [0.25, 0.3) is 0 Å². The SMILES string of the molecule is Cc1cc(N)cc2c1N(C)C(CN)=C(C#N)[C@@H]2Nc1cccc(Br)c1. The van der Waals surface area contributed by atoms with E-state index in [1.54, 1.807) is 0 Å². The van der Waals surface area contributed by atoms with E-state index in [0.717, 1.165) is 32.7 Å². The van der Waals surface area contributed by atoms with E-state index in [1.807, 2.05) is 55.3 Å². The molecule has 1 aliphatic rings. The number of nitriles is 1. The summed E-state index contributed by atoms with van der Waals surface area (Å²) in [6.07, 6.45) is 0. The van der Waals surface area contributed by atoms with E-state index < -0.39 is 0 Å². The molecular weight excluding hydrogens is 378 g/mol. The molecule has 0 spiro atoms. The average Bonchev–Trinajstić information content (AvgIpc) is 2.56. The van der Waals surface area contributed by atoms with Gasteiger partial charge in [0.2, 0.25) is 0 Å². The molecule has 1 atom stereocenters. The first-order chi connectivity index (χ1) is 12.0. The molecule has 5 nitrogen and oxygen atoms in total. The minimum atomic E-state index is -0.300. The summed E-state index contributed by atoms with van der Waals surface area (Å²) in [5, 5.41) is 13.3. The molecule has 2 aromatic carbocycles. The second kappa shape index (κ2) is 6.79. The third kappa shape index (κ3) is 3.09. The van der Waals surface area contributed by atoms with Crippen LogP contribution in [0.2, 0.25) is 0 Å². The predicted octanol–water partition coefficient (Wildman–Crippen LogP) is 3.68. The zero-order valence-corrected chi connectivity index (χ0v) is 15.8. The molecule has 0 fully saturated rings. The maximum atomic E-state index is 9.81. The number of nitrogens with one attached hydrogen (secondary N) is 1. The van der Waals surface area contributed by atoms with E-state index in [1.165, 1.54) is 0 Å². The van der Waals surface area contributed by atoms with E-state index in [9.17, 15) is 5.26 Å². The standard InChI is InChI=1S/C19H20BrN5/c1-11-6-13(23)8-15-18(24-14-5-3-4-12(20)7-14)16(9-21)17(10-22)25(2)19(11)15/h3-8,18,24H,10,22-23H2,1-2H3/t18-/m1/s1. The van der Waals surface area contributed by atoms with Crippen LogP contribution in [0.15, 0.2) is 52.1 Å². The number of benzene rings is 2. The number of fused-ring (bicyclic) bond motifs is 1. The van der Waals surface area contributed by atoms with Crippen molar-refractivity contribution < 1.29 is 0 Å². The second-order valence-corrected chi connectivity index (χ2v) is 7.01. The number of nitrogen functional groups attached to an aromatic ring is 1. The van der Waals surface area contributed by atoms with Crippen LogP contribution in [0.5, 0.6) is 0 Å². The maximum Gasteiger partial charge on any atom is 0.0991 e. The van der Waals surface area contributed by atoms with Crippen molar-refractivity contribution >= 4 is 33.0 Å². The summed E-state index contributed by atoms with van der Waals surface area (Å²) in [7, 11) is 1.94. The molecule has 6 heteroatoms. The Balaban J connectivity index is 2.19. The van der Waals surface area contributed by atoms with Crippen LogP contribution >= 0.6 is 15.9 Å². The zero-order valence-electron chi connectivity index (χ0n) is 14.2. The predicted molar refractivity (Wildman–Crippen MR) is 106 cm³/mol. The minimum Gasteiger partial charge on any atom is -0.399 e. The summed E-state index contributed by atoms with van der Waals surface area (Å²) in [5.74, 6) is 0. The van der Waals surface area contributed by atoms with Crippen molar-refractivity contribution in [1.82, 2.24) is 0 Å². The van der Waals surface area contributed by atoms with Crippen LogP contribution in [-0.2, 0) is 0 Å². The van der Waals surface area contributed by atoms with Gasteiger partial charge in [-0.2, -0.15) is 5.26 Å². The lowest BCUT2D eigenvalue weighted by atomic mass is 9.88. The van der Waals surface area contributed by atoms with Gasteiger partial charge >= 0.3 is 0 Å². The third-order valence-electron chi connectivity index (χ3n) is 4.45. The van der Waals surface area contributed by atoms with Crippen molar-refractivity contribution in [3.8, 4) is 6.07 Å². The maximum absolute atomic E-state index is 9.81. The molecule has 3 rings (SSSR count). The molecule has 0 radical (unpaired) electrons. The quantitative estimate of drug-likeness (QED) is 0.687. The summed E-state index contributed by atoms with van der Waals surface area (Å²) >= 11 is 3.48. The molecule has 0 bridgehead atoms.